The van der Waals surface area contributed by atoms with E-state index in [9.17, 15) is 0 Å². The normalized spacial score (nSPS) is 24.0. The predicted octanol–water partition coefficient (Wildman–Crippen LogP) is 9.50. The van der Waals surface area contributed by atoms with Crippen LogP contribution in [0.15, 0.2) is 176 Å². The standard InChI is InChI=1S/C40H29OP/c41-42(34-26-14-5-15-27-34)39(32-22-10-3-11-23-32)35-28-16-17-29-36(35)40(42,33-24-12-4-13-25-33)38(31-20-8-2-9-21-31)37(39)30-18-6-1-7-19-30/h1-29H. The highest BCUT2D eigenvalue weighted by atomic mass is 31.2. The van der Waals surface area contributed by atoms with Gasteiger partial charge in [0.1, 0.15) is 10.3 Å². The maximum absolute atomic E-state index is 17.4. The molecule has 2 heteroatoms. The number of hydrogen-bond donors (Lipinski definition) is 0. The van der Waals surface area contributed by atoms with Crippen molar-refractivity contribution in [3.05, 3.63) is 209 Å². The van der Waals surface area contributed by atoms with E-state index in [4.69, 9.17) is 0 Å². The van der Waals surface area contributed by atoms with Crippen LogP contribution >= 0.6 is 7.14 Å². The molecule has 2 aliphatic rings. The smallest absolute Gasteiger partial charge is 0.152 e. The van der Waals surface area contributed by atoms with Gasteiger partial charge in [0.05, 0.1) is 0 Å². The quantitative estimate of drug-likeness (QED) is 0.193. The molecule has 1 nitrogen and oxygen atoms in total. The van der Waals surface area contributed by atoms with Crippen molar-refractivity contribution in [3.8, 4) is 0 Å². The second-order valence-electron chi connectivity index (χ2n) is 11.1. The molecule has 0 amide bonds. The van der Waals surface area contributed by atoms with Gasteiger partial charge in [-0.1, -0.05) is 176 Å². The molecular formula is C40H29OP. The lowest BCUT2D eigenvalue weighted by Gasteiger charge is -2.39. The van der Waals surface area contributed by atoms with Crippen molar-refractivity contribution in [1.82, 2.24) is 0 Å². The fraction of sp³-hybridized carbons (Fsp3) is 0.0500. The SMILES string of the molecule is O=P1(c2ccccc2)C2(c3ccccc3)C(c3ccccc3)=C(c3ccccc3)C1(c1ccccc1)c1ccccc12. The van der Waals surface area contributed by atoms with Gasteiger partial charge in [0, 0.05) is 5.30 Å². The Bertz CT molecular complexity index is 1860. The van der Waals surface area contributed by atoms with Crippen LogP contribution in [0.3, 0.4) is 0 Å². The summed E-state index contributed by atoms with van der Waals surface area (Å²) in [6.45, 7) is 0. The van der Waals surface area contributed by atoms with Crippen LogP contribution in [0.4, 0.5) is 0 Å². The highest BCUT2D eigenvalue weighted by Gasteiger charge is 2.77. The van der Waals surface area contributed by atoms with E-state index >= 15 is 4.57 Å². The summed E-state index contributed by atoms with van der Waals surface area (Å²) in [6.07, 6.45) is 0. The van der Waals surface area contributed by atoms with Crippen LogP contribution in [-0.4, -0.2) is 0 Å². The molecule has 0 aliphatic carbocycles. The monoisotopic (exact) mass is 556 g/mol. The number of rotatable bonds is 5. The molecule has 6 aromatic carbocycles. The molecular weight excluding hydrogens is 527 g/mol. The van der Waals surface area contributed by atoms with Crippen molar-refractivity contribution >= 4 is 23.6 Å². The maximum atomic E-state index is 17.4. The average Bonchev–Trinajstić information content (AvgIpc) is 3.43. The van der Waals surface area contributed by atoms with Crippen molar-refractivity contribution < 1.29 is 4.57 Å². The molecule has 0 aromatic heterocycles. The Morgan fingerprint density at radius 2 is 0.667 bits per heavy atom. The Balaban J connectivity index is 1.71. The van der Waals surface area contributed by atoms with Gasteiger partial charge in [-0.15, -0.1) is 0 Å². The minimum absolute atomic E-state index is 0.897. The van der Waals surface area contributed by atoms with Crippen molar-refractivity contribution in [1.29, 1.82) is 0 Å². The molecule has 200 valence electrons. The van der Waals surface area contributed by atoms with Crippen LogP contribution in [0.25, 0.3) is 11.1 Å². The van der Waals surface area contributed by atoms with E-state index in [0.29, 0.717) is 0 Å². The zero-order chi connectivity index (χ0) is 28.2. The lowest BCUT2D eigenvalue weighted by atomic mass is 9.65. The predicted molar refractivity (Wildman–Crippen MR) is 174 cm³/mol. The van der Waals surface area contributed by atoms with Gasteiger partial charge in [0.2, 0.25) is 0 Å². The average molecular weight is 557 g/mol. The summed E-state index contributed by atoms with van der Waals surface area (Å²) in [5.41, 5.74) is 8.86. The minimum Gasteiger partial charge on any atom is -0.315 e. The van der Waals surface area contributed by atoms with Gasteiger partial charge >= 0.3 is 0 Å². The molecule has 0 radical (unpaired) electrons. The van der Waals surface area contributed by atoms with E-state index in [1.807, 2.05) is 18.2 Å². The molecule has 0 spiro atoms. The van der Waals surface area contributed by atoms with Gasteiger partial charge in [-0.2, -0.15) is 0 Å². The van der Waals surface area contributed by atoms with Gasteiger partial charge in [0.25, 0.3) is 0 Å². The van der Waals surface area contributed by atoms with E-state index in [2.05, 4.69) is 158 Å². The Morgan fingerprint density at radius 1 is 0.357 bits per heavy atom. The molecule has 6 aromatic rings. The fourth-order valence-electron chi connectivity index (χ4n) is 7.91. The maximum Gasteiger partial charge on any atom is 0.152 e. The third-order valence-electron chi connectivity index (χ3n) is 9.25. The summed E-state index contributed by atoms with van der Waals surface area (Å²) < 4.78 is 17.4. The molecule has 8 rings (SSSR count). The van der Waals surface area contributed by atoms with Gasteiger partial charge in [-0.05, 0) is 44.5 Å². The van der Waals surface area contributed by atoms with Crippen molar-refractivity contribution in [2.75, 3.05) is 0 Å². The van der Waals surface area contributed by atoms with Gasteiger partial charge in [-0.25, -0.2) is 0 Å². The highest BCUT2D eigenvalue weighted by molar-refractivity contribution is 7.76. The molecule has 2 atom stereocenters. The first-order valence-electron chi connectivity index (χ1n) is 14.5. The lowest BCUT2D eigenvalue weighted by molar-refractivity contribution is 0.566. The number of allylic oxidation sites excluding steroid dienone is 2. The number of fused-ring (bicyclic) bond motifs is 5. The van der Waals surface area contributed by atoms with Crippen LogP contribution in [0.5, 0.6) is 0 Å². The number of hydrogen-bond acceptors (Lipinski definition) is 1. The Labute approximate surface area is 247 Å². The van der Waals surface area contributed by atoms with Crippen LogP contribution in [0.2, 0.25) is 0 Å². The zero-order valence-electron chi connectivity index (χ0n) is 23.1. The fourth-order valence-corrected chi connectivity index (χ4v) is 13.0. The molecule has 42 heavy (non-hydrogen) atoms. The van der Waals surface area contributed by atoms with Crippen molar-refractivity contribution in [2.45, 2.75) is 10.3 Å². The number of benzene rings is 6. The highest BCUT2D eigenvalue weighted by Crippen LogP contribution is 2.93. The summed E-state index contributed by atoms with van der Waals surface area (Å²) in [7, 11) is -3.50. The molecule has 2 aliphatic heterocycles. The van der Waals surface area contributed by atoms with E-state index in [0.717, 1.165) is 49.8 Å². The summed E-state index contributed by atoms with van der Waals surface area (Å²) in [4.78, 5) is 0. The van der Waals surface area contributed by atoms with Crippen molar-refractivity contribution in [2.24, 2.45) is 0 Å². The second-order valence-corrected chi connectivity index (χ2v) is 14.2. The largest absolute Gasteiger partial charge is 0.315 e. The van der Waals surface area contributed by atoms with Gasteiger partial charge < -0.3 is 4.57 Å². The molecule has 0 N–H and O–H groups in total. The topological polar surface area (TPSA) is 17.1 Å². The molecule has 2 heterocycles. The molecule has 0 saturated carbocycles. The van der Waals surface area contributed by atoms with Crippen LogP contribution < -0.4 is 5.30 Å². The van der Waals surface area contributed by atoms with Crippen LogP contribution in [0.1, 0.15) is 33.4 Å². The van der Waals surface area contributed by atoms with Crippen LogP contribution in [0, 0.1) is 0 Å². The van der Waals surface area contributed by atoms with Crippen LogP contribution in [-0.2, 0) is 14.9 Å². The van der Waals surface area contributed by atoms with E-state index in [-0.39, 0.29) is 0 Å². The Kier molecular flexibility index (Phi) is 5.61. The van der Waals surface area contributed by atoms with Gasteiger partial charge in [0.15, 0.2) is 7.14 Å². The summed E-state index contributed by atoms with van der Waals surface area (Å²) in [6, 6.07) is 61.5. The molecule has 2 bridgehead atoms. The summed E-state index contributed by atoms with van der Waals surface area (Å²) in [5, 5.41) is -0.920. The molecule has 0 saturated heterocycles. The molecule has 0 fully saturated rings. The van der Waals surface area contributed by atoms with E-state index in [1.54, 1.807) is 0 Å². The first-order valence-corrected chi connectivity index (χ1v) is 16.2. The minimum atomic E-state index is -3.50. The summed E-state index contributed by atoms with van der Waals surface area (Å²) >= 11 is 0. The second kappa shape index (κ2) is 9.41. The van der Waals surface area contributed by atoms with Gasteiger partial charge in [-0.3, -0.25) is 0 Å². The zero-order valence-corrected chi connectivity index (χ0v) is 24.0. The summed E-state index contributed by atoms with van der Waals surface area (Å²) in [5.74, 6) is 0. The molecule has 2 unspecified atom stereocenters. The third-order valence-corrected chi connectivity index (χ3v) is 13.6. The Morgan fingerprint density at radius 3 is 1.05 bits per heavy atom. The van der Waals surface area contributed by atoms with E-state index in [1.165, 1.54) is 0 Å². The lowest BCUT2D eigenvalue weighted by Crippen LogP contribution is -2.31. The first-order chi connectivity index (χ1) is 20.8. The Hall–Kier alpha value is -4.71. The van der Waals surface area contributed by atoms with E-state index < -0.39 is 17.5 Å². The third kappa shape index (κ3) is 2.97. The first kappa shape index (κ1) is 25.0. The van der Waals surface area contributed by atoms with Crippen molar-refractivity contribution in [3.63, 3.8) is 0 Å².